The third-order valence-electron chi connectivity index (χ3n) is 13.1. The molecule has 3 saturated heterocycles. The summed E-state index contributed by atoms with van der Waals surface area (Å²) >= 11 is 0. The lowest BCUT2D eigenvalue weighted by Gasteiger charge is -2.43. The average Bonchev–Trinajstić information content (AvgIpc) is 3.46. The third-order valence-corrected chi connectivity index (χ3v) is 13.1. The molecule has 5 heterocycles. The molecule has 1 atom stereocenters. The number of esters is 1. The average molecular weight is 858 g/mol. The van der Waals surface area contributed by atoms with Crippen molar-refractivity contribution in [3.05, 3.63) is 63.6 Å². The van der Waals surface area contributed by atoms with Gasteiger partial charge < -0.3 is 38.8 Å². The largest absolute Gasteiger partial charge is 0.466 e. The van der Waals surface area contributed by atoms with Gasteiger partial charge in [-0.1, -0.05) is 50.5 Å². The van der Waals surface area contributed by atoms with Crippen LogP contribution in [0.25, 0.3) is 11.1 Å². The number of amides is 5. The van der Waals surface area contributed by atoms with E-state index in [2.05, 4.69) is 17.1 Å². The molecule has 0 radical (unpaired) electrons. The molecule has 1 N–H and O–H groups in total. The van der Waals surface area contributed by atoms with Crippen LogP contribution in [0.5, 0.6) is 0 Å². The van der Waals surface area contributed by atoms with Crippen LogP contribution >= 0.6 is 0 Å². The van der Waals surface area contributed by atoms with Crippen LogP contribution in [-0.4, -0.2) is 143 Å². The van der Waals surface area contributed by atoms with E-state index in [-0.39, 0.29) is 55.2 Å². The quantitative estimate of drug-likeness (QED) is 0.171. The fourth-order valence-corrected chi connectivity index (χ4v) is 9.53. The van der Waals surface area contributed by atoms with Gasteiger partial charge in [0.05, 0.1) is 18.5 Å². The van der Waals surface area contributed by atoms with Crippen LogP contribution in [0.2, 0.25) is 0 Å². The standard InChI is InChI=1S/C46H63N7O9/c1-4-5-6-9-28-60-41(55)13-12-40(54)50-19-15-35(16-20-50)49-24-26-51(27-25-49)43(56)39(31-33-29-32(2)42-38(30-33)61-45(58)48(42)3)62-46(59)52-21-17-36(18-22-52)53-23-14-34-10-7-8-11-37(34)47-44(53)57/h7-8,10-11,29-30,35-36,39H,4-6,9,12-28,31H2,1-3H3,(H,47,57)/t39-/m1/s1. The maximum Gasteiger partial charge on any atom is 0.419 e. The van der Waals surface area contributed by atoms with Crippen LogP contribution in [0.1, 0.15) is 87.8 Å². The first kappa shape index (κ1) is 44.7. The van der Waals surface area contributed by atoms with Gasteiger partial charge in [0.2, 0.25) is 5.91 Å². The molecule has 7 rings (SSSR count). The molecule has 1 aromatic heterocycles. The second-order valence-electron chi connectivity index (χ2n) is 17.3. The van der Waals surface area contributed by atoms with E-state index in [4.69, 9.17) is 13.9 Å². The smallest absolute Gasteiger partial charge is 0.419 e. The predicted octanol–water partition coefficient (Wildman–Crippen LogP) is 5.08. The number of carbonyl (C=O) groups is 5. The number of rotatable bonds is 14. The highest BCUT2D eigenvalue weighted by Gasteiger charge is 2.37. The Balaban J connectivity index is 0.926. The summed E-state index contributed by atoms with van der Waals surface area (Å²) in [5.41, 5.74) is 4.52. The van der Waals surface area contributed by atoms with Crippen molar-refractivity contribution in [3.63, 3.8) is 0 Å². The lowest BCUT2D eigenvalue weighted by Crippen LogP contribution is -2.57. The van der Waals surface area contributed by atoms with Crippen molar-refractivity contribution in [1.29, 1.82) is 0 Å². The number of aromatic nitrogens is 1. The second-order valence-corrected chi connectivity index (χ2v) is 17.3. The molecule has 3 fully saturated rings. The summed E-state index contributed by atoms with van der Waals surface area (Å²) in [4.78, 5) is 88.3. The number of aryl methyl sites for hydroxylation is 2. The molecule has 62 heavy (non-hydrogen) atoms. The van der Waals surface area contributed by atoms with E-state index in [1.165, 1.54) is 4.57 Å². The summed E-state index contributed by atoms with van der Waals surface area (Å²) in [6.45, 7) is 9.25. The number of anilines is 1. The number of hydrogen-bond acceptors (Lipinski definition) is 10. The predicted molar refractivity (Wildman–Crippen MR) is 233 cm³/mol. The highest BCUT2D eigenvalue weighted by atomic mass is 16.6. The van der Waals surface area contributed by atoms with Gasteiger partial charge in [-0.3, -0.25) is 23.9 Å². The van der Waals surface area contributed by atoms with Crippen LogP contribution in [-0.2, 0) is 43.7 Å². The number of nitrogens with one attached hydrogen (secondary N) is 1. The molecular formula is C46H63N7O9. The number of likely N-dealkylation sites (tertiary alicyclic amines) is 2. The van der Waals surface area contributed by atoms with Crippen LogP contribution in [0.4, 0.5) is 15.3 Å². The lowest BCUT2D eigenvalue weighted by molar-refractivity contribution is -0.146. The normalized spacial score (nSPS) is 18.6. The van der Waals surface area contributed by atoms with E-state index >= 15 is 0 Å². The van der Waals surface area contributed by atoms with Crippen molar-refractivity contribution >= 4 is 46.7 Å². The maximum absolute atomic E-state index is 14.4. The minimum absolute atomic E-state index is 0.0216. The van der Waals surface area contributed by atoms with Crippen LogP contribution in [0.15, 0.2) is 45.6 Å². The lowest BCUT2D eigenvalue weighted by atomic mass is 10.0. The number of benzene rings is 2. The van der Waals surface area contributed by atoms with Gasteiger partial charge in [-0.15, -0.1) is 0 Å². The van der Waals surface area contributed by atoms with Gasteiger partial charge in [-0.25, -0.2) is 14.4 Å². The van der Waals surface area contributed by atoms with E-state index in [9.17, 15) is 28.8 Å². The van der Waals surface area contributed by atoms with E-state index < -0.39 is 18.0 Å². The molecule has 0 bridgehead atoms. The number of unbranched alkanes of at least 4 members (excludes halogenated alkanes) is 3. The molecule has 3 aromatic rings. The molecule has 4 aliphatic heterocycles. The van der Waals surface area contributed by atoms with Gasteiger partial charge in [0.15, 0.2) is 11.7 Å². The molecule has 5 amide bonds. The number of piperidine rings is 2. The van der Waals surface area contributed by atoms with Crippen LogP contribution < -0.4 is 11.1 Å². The fourth-order valence-electron chi connectivity index (χ4n) is 9.53. The molecule has 0 aliphatic carbocycles. The first-order valence-corrected chi connectivity index (χ1v) is 22.7. The number of hydrogen-bond donors (Lipinski definition) is 1. The molecular weight excluding hydrogens is 795 g/mol. The van der Waals surface area contributed by atoms with Crippen molar-refractivity contribution < 1.29 is 37.9 Å². The van der Waals surface area contributed by atoms with Crippen molar-refractivity contribution in [2.75, 3.05) is 70.8 Å². The summed E-state index contributed by atoms with van der Waals surface area (Å²) in [5, 5.41) is 3.04. The SMILES string of the molecule is CCCCCCOC(=O)CCC(=O)N1CCC(N2CCN(C(=O)[C@@H](Cc3cc(C)c4c(c3)oc(=O)n4C)OC(=O)N3CCC(N4CCc5ccccc5NC4=O)CC3)CC2)CC1. The van der Waals surface area contributed by atoms with Crippen molar-refractivity contribution in [2.24, 2.45) is 7.05 Å². The zero-order chi connectivity index (χ0) is 43.8. The Hall–Kier alpha value is -5.38. The molecule has 16 heteroatoms. The number of para-hydroxylation sites is 1. The minimum atomic E-state index is -1.11. The fraction of sp³-hybridized carbons (Fsp3) is 0.609. The minimum Gasteiger partial charge on any atom is -0.466 e. The van der Waals surface area contributed by atoms with Crippen LogP contribution in [0.3, 0.4) is 0 Å². The van der Waals surface area contributed by atoms with E-state index in [0.717, 1.165) is 61.8 Å². The number of fused-ring (bicyclic) bond motifs is 2. The number of carbonyl (C=O) groups excluding carboxylic acids is 5. The van der Waals surface area contributed by atoms with Crippen molar-refractivity contribution in [1.82, 2.24) is 29.1 Å². The van der Waals surface area contributed by atoms with Crippen molar-refractivity contribution in [2.45, 2.75) is 109 Å². The summed E-state index contributed by atoms with van der Waals surface area (Å²) in [6.07, 6.45) is 6.35. The molecule has 0 saturated carbocycles. The monoisotopic (exact) mass is 857 g/mol. The Morgan fingerprint density at radius 3 is 2.27 bits per heavy atom. The number of piperazine rings is 1. The Kier molecular flexibility index (Phi) is 14.9. The Morgan fingerprint density at radius 2 is 1.53 bits per heavy atom. The van der Waals surface area contributed by atoms with Gasteiger partial charge in [0, 0.05) is 96.6 Å². The Labute approximate surface area is 363 Å². The summed E-state index contributed by atoms with van der Waals surface area (Å²) in [7, 11) is 1.65. The summed E-state index contributed by atoms with van der Waals surface area (Å²) in [6, 6.07) is 11.6. The highest BCUT2D eigenvalue weighted by molar-refractivity contribution is 5.91. The van der Waals surface area contributed by atoms with Gasteiger partial charge >= 0.3 is 23.8 Å². The van der Waals surface area contributed by atoms with Gasteiger partial charge in [0.1, 0.15) is 0 Å². The number of ether oxygens (including phenoxy) is 2. The summed E-state index contributed by atoms with van der Waals surface area (Å²) in [5.74, 6) is -1.10. The van der Waals surface area contributed by atoms with Gasteiger partial charge in [-0.05, 0) is 74.3 Å². The molecule has 0 spiro atoms. The third kappa shape index (κ3) is 10.8. The Bertz CT molecular complexity index is 2130. The van der Waals surface area contributed by atoms with Crippen molar-refractivity contribution in [3.8, 4) is 0 Å². The van der Waals surface area contributed by atoms with E-state index in [1.807, 2.05) is 47.1 Å². The zero-order valence-corrected chi connectivity index (χ0v) is 36.6. The second kappa shape index (κ2) is 20.7. The van der Waals surface area contributed by atoms with Gasteiger partial charge in [0.25, 0.3) is 5.91 Å². The molecule has 16 nitrogen and oxygen atoms in total. The Morgan fingerprint density at radius 1 is 0.823 bits per heavy atom. The molecule has 4 aliphatic rings. The first-order chi connectivity index (χ1) is 30.0. The first-order valence-electron chi connectivity index (χ1n) is 22.7. The number of oxazole rings is 1. The van der Waals surface area contributed by atoms with E-state index in [1.54, 1.807) is 22.9 Å². The summed E-state index contributed by atoms with van der Waals surface area (Å²) < 4.78 is 18.4. The topological polar surface area (TPSA) is 167 Å². The molecule has 0 unspecified atom stereocenters. The van der Waals surface area contributed by atoms with Crippen LogP contribution in [0, 0.1) is 6.92 Å². The number of nitrogens with zero attached hydrogens (tertiary/aromatic N) is 6. The molecule has 336 valence electrons. The molecule has 2 aromatic carbocycles. The van der Waals surface area contributed by atoms with E-state index in [0.29, 0.717) is 95.0 Å². The maximum atomic E-state index is 14.4. The highest BCUT2D eigenvalue weighted by Crippen LogP contribution is 2.27. The van der Waals surface area contributed by atoms with Gasteiger partial charge in [-0.2, -0.15) is 0 Å². The zero-order valence-electron chi connectivity index (χ0n) is 36.6. The number of urea groups is 1.